The summed E-state index contributed by atoms with van der Waals surface area (Å²) >= 11 is 0. The van der Waals surface area contributed by atoms with Crippen LogP contribution in [0.2, 0.25) is 0 Å². The lowest BCUT2D eigenvalue weighted by Crippen LogP contribution is -2.45. The molecule has 3 rings (SSSR count). The molecular weight excluding hydrogens is 348 g/mol. The van der Waals surface area contributed by atoms with Gasteiger partial charge in [0.15, 0.2) is 0 Å². The molecule has 0 radical (unpaired) electrons. The normalized spacial score (nSPS) is 23.5. The van der Waals surface area contributed by atoms with E-state index in [-0.39, 0.29) is 18.9 Å². The molecule has 1 saturated carbocycles. The topological polar surface area (TPSA) is 66.5 Å². The molecule has 1 heterocycles. The summed E-state index contributed by atoms with van der Waals surface area (Å²) in [4.78, 5) is 14.7. The first-order valence-electron chi connectivity index (χ1n) is 9.71. The number of aryl methyl sites for hydroxylation is 2. The number of likely N-dealkylation sites (tertiary alicyclic amines) is 1. The lowest BCUT2D eigenvalue weighted by molar-refractivity contribution is -0.134. The molecule has 0 aromatic heterocycles. The van der Waals surface area contributed by atoms with Gasteiger partial charge < -0.3 is 4.90 Å². The highest BCUT2D eigenvalue weighted by atomic mass is 32.2. The van der Waals surface area contributed by atoms with E-state index in [0.717, 1.165) is 31.0 Å². The predicted octanol–water partition coefficient (Wildman–Crippen LogP) is 3.01. The Labute approximate surface area is 157 Å². The SMILES string of the molecule is Cc1ccc(C)c(S(=O)(=O)NCCC(=O)N2CC[C@@H]3CCCC[C@H]3C2)c1. The second-order valence-electron chi connectivity index (χ2n) is 7.85. The molecule has 0 unspecified atom stereocenters. The number of nitrogens with one attached hydrogen (secondary N) is 1. The number of benzene rings is 1. The molecule has 0 spiro atoms. The largest absolute Gasteiger partial charge is 0.342 e. The standard InChI is InChI=1S/C20H30N2O3S/c1-15-7-8-16(2)19(13-15)26(24,25)21-11-9-20(23)22-12-10-17-5-3-4-6-18(17)14-22/h7-8,13,17-18,21H,3-6,9-12,14H2,1-2H3/t17-,18-/m0/s1. The fourth-order valence-corrected chi connectivity index (χ4v) is 5.71. The van der Waals surface area contributed by atoms with E-state index in [1.807, 2.05) is 24.0 Å². The number of piperidine rings is 1. The quantitative estimate of drug-likeness (QED) is 0.856. The monoisotopic (exact) mass is 378 g/mol. The van der Waals surface area contributed by atoms with E-state index < -0.39 is 10.0 Å². The van der Waals surface area contributed by atoms with Gasteiger partial charge in [-0.1, -0.05) is 31.4 Å². The first-order valence-corrected chi connectivity index (χ1v) is 11.2. The third kappa shape index (κ3) is 4.46. The maximum atomic E-state index is 12.5. The third-order valence-corrected chi connectivity index (χ3v) is 7.51. The van der Waals surface area contributed by atoms with Crippen LogP contribution >= 0.6 is 0 Å². The van der Waals surface area contributed by atoms with Crippen molar-refractivity contribution in [2.45, 2.75) is 57.3 Å². The molecule has 0 bridgehead atoms. The number of fused-ring (bicyclic) bond motifs is 1. The van der Waals surface area contributed by atoms with Crippen molar-refractivity contribution in [3.8, 4) is 0 Å². The van der Waals surface area contributed by atoms with Crippen LogP contribution < -0.4 is 4.72 Å². The van der Waals surface area contributed by atoms with Crippen LogP contribution in [0.5, 0.6) is 0 Å². The van der Waals surface area contributed by atoms with E-state index in [4.69, 9.17) is 0 Å². The van der Waals surface area contributed by atoms with E-state index in [1.165, 1.54) is 25.7 Å². The molecule has 2 atom stereocenters. The van der Waals surface area contributed by atoms with Gasteiger partial charge in [0.2, 0.25) is 15.9 Å². The molecule has 5 nitrogen and oxygen atoms in total. The molecule has 1 aromatic carbocycles. The van der Waals surface area contributed by atoms with Gasteiger partial charge in [-0.25, -0.2) is 13.1 Å². The smallest absolute Gasteiger partial charge is 0.240 e. The van der Waals surface area contributed by atoms with Gasteiger partial charge in [-0.05, 0) is 55.7 Å². The highest BCUT2D eigenvalue weighted by molar-refractivity contribution is 7.89. The molecule has 1 saturated heterocycles. The molecule has 1 aromatic rings. The summed E-state index contributed by atoms with van der Waals surface area (Å²) in [5.41, 5.74) is 1.62. The van der Waals surface area contributed by atoms with Crippen LogP contribution in [0.3, 0.4) is 0 Å². The van der Waals surface area contributed by atoms with Crippen molar-refractivity contribution in [3.63, 3.8) is 0 Å². The van der Waals surface area contributed by atoms with Crippen molar-refractivity contribution in [1.29, 1.82) is 0 Å². The number of amides is 1. The number of rotatable bonds is 5. The van der Waals surface area contributed by atoms with Crippen molar-refractivity contribution < 1.29 is 13.2 Å². The zero-order chi connectivity index (χ0) is 18.7. The third-order valence-electron chi connectivity index (χ3n) is 5.91. The lowest BCUT2D eigenvalue weighted by Gasteiger charge is -2.41. The number of hydrogen-bond acceptors (Lipinski definition) is 3. The molecule has 6 heteroatoms. The fourth-order valence-electron chi connectivity index (χ4n) is 4.35. The van der Waals surface area contributed by atoms with Gasteiger partial charge in [0.1, 0.15) is 0 Å². The van der Waals surface area contributed by atoms with Crippen molar-refractivity contribution in [3.05, 3.63) is 29.3 Å². The van der Waals surface area contributed by atoms with Crippen LogP contribution in [-0.2, 0) is 14.8 Å². The van der Waals surface area contributed by atoms with Gasteiger partial charge in [0, 0.05) is 26.1 Å². The Bertz CT molecular complexity index is 760. The zero-order valence-electron chi connectivity index (χ0n) is 15.8. The fraction of sp³-hybridized carbons (Fsp3) is 0.650. The molecular formula is C20H30N2O3S. The van der Waals surface area contributed by atoms with Crippen LogP contribution in [0.4, 0.5) is 0 Å². The number of carbonyl (C=O) groups excluding carboxylic acids is 1. The summed E-state index contributed by atoms with van der Waals surface area (Å²) in [5.74, 6) is 1.50. The van der Waals surface area contributed by atoms with Crippen LogP contribution in [0.25, 0.3) is 0 Å². The minimum atomic E-state index is -3.58. The second-order valence-corrected chi connectivity index (χ2v) is 9.59. The number of hydrogen-bond donors (Lipinski definition) is 1. The van der Waals surface area contributed by atoms with Crippen LogP contribution in [-0.4, -0.2) is 38.9 Å². The van der Waals surface area contributed by atoms with E-state index in [9.17, 15) is 13.2 Å². The van der Waals surface area contributed by atoms with Gasteiger partial charge in [0.05, 0.1) is 4.90 Å². The summed E-state index contributed by atoms with van der Waals surface area (Å²) in [6, 6.07) is 5.38. The minimum absolute atomic E-state index is 0.0673. The summed E-state index contributed by atoms with van der Waals surface area (Å²) in [6.45, 7) is 5.49. The number of sulfonamides is 1. The maximum Gasteiger partial charge on any atom is 0.240 e. The molecule has 26 heavy (non-hydrogen) atoms. The Hall–Kier alpha value is -1.40. The Balaban J connectivity index is 1.52. The first-order chi connectivity index (χ1) is 12.4. The minimum Gasteiger partial charge on any atom is -0.342 e. The molecule has 1 aliphatic carbocycles. The molecule has 2 aliphatic rings. The van der Waals surface area contributed by atoms with Crippen LogP contribution in [0.15, 0.2) is 23.1 Å². The van der Waals surface area contributed by atoms with Gasteiger partial charge in [-0.15, -0.1) is 0 Å². The highest BCUT2D eigenvalue weighted by Gasteiger charge is 2.32. The maximum absolute atomic E-state index is 12.5. The summed E-state index contributed by atoms with van der Waals surface area (Å²) in [7, 11) is -3.58. The zero-order valence-corrected chi connectivity index (χ0v) is 16.6. The Morgan fingerprint density at radius 2 is 1.88 bits per heavy atom. The molecule has 1 aliphatic heterocycles. The van der Waals surface area contributed by atoms with E-state index in [2.05, 4.69) is 4.72 Å². The van der Waals surface area contributed by atoms with Crippen LogP contribution in [0.1, 0.15) is 49.7 Å². The van der Waals surface area contributed by atoms with Gasteiger partial charge in [-0.2, -0.15) is 0 Å². The second kappa shape index (κ2) is 8.09. The molecule has 2 fully saturated rings. The average molecular weight is 379 g/mol. The van der Waals surface area contributed by atoms with Crippen molar-refractivity contribution in [2.24, 2.45) is 11.8 Å². The lowest BCUT2D eigenvalue weighted by atomic mass is 9.75. The van der Waals surface area contributed by atoms with Crippen molar-refractivity contribution >= 4 is 15.9 Å². The number of carbonyl (C=O) groups is 1. The highest BCUT2D eigenvalue weighted by Crippen LogP contribution is 2.36. The van der Waals surface area contributed by atoms with Gasteiger partial charge in [0.25, 0.3) is 0 Å². The molecule has 144 valence electrons. The van der Waals surface area contributed by atoms with Crippen LogP contribution in [0, 0.1) is 25.7 Å². The average Bonchev–Trinajstić information content (AvgIpc) is 2.63. The van der Waals surface area contributed by atoms with Crippen molar-refractivity contribution in [1.82, 2.24) is 9.62 Å². The van der Waals surface area contributed by atoms with Crippen molar-refractivity contribution in [2.75, 3.05) is 19.6 Å². The van der Waals surface area contributed by atoms with E-state index in [1.54, 1.807) is 13.0 Å². The Kier molecular flexibility index (Phi) is 6.03. The molecule has 1 N–H and O–H groups in total. The summed E-state index contributed by atoms with van der Waals surface area (Å²) in [5, 5.41) is 0. The van der Waals surface area contributed by atoms with E-state index in [0.29, 0.717) is 16.4 Å². The summed E-state index contributed by atoms with van der Waals surface area (Å²) in [6.07, 6.45) is 6.47. The van der Waals surface area contributed by atoms with E-state index >= 15 is 0 Å². The number of nitrogens with zero attached hydrogens (tertiary/aromatic N) is 1. The Morgan fingerprint density at radius 3 is 2.65 bits per heavy atom. The summed E-state index contributed by atoms with van der Waals surface area (Å²) < 4.78 is 27.6. The molecule has 1 amide bonds. The Morgan fingerprint density at radius 1 is 1.15 bits per heavy atom. The first kappa shape index (κ1) is 19.4. The van der Waals surface area contributed by atoms with Gasteiger partial charge in [-0.3, -0.25) is 4.79 Å². The predicted molar refractivity (Wildman–Crippen MR) is 102 cm³/mol. The van der Waals surface area contributed by atoms with Gasteiger partial charge >= 0.3 is 0 Å².